The second-order valence-corrected chi connectivity index (χ2v) is 6.56. The molecule has 0 bridgehead atoms. The third-order valence-electron chi connectivity index (χ3n) is 3.04. The second-order valence-electron chi connectivity index (χ2n) is 4.34. The van der Waals surface area contributed by atoms with Crippen LogP contribution >= 0.6 is 7.92 Å². The quantitative estimate of drug-likeness (QED) is 0.311. The molecule has 4 heteroatoms. The van der Waals surface area contributed by atoms with Gasteiger partial charge in [0.25, 0.3) is 0 Å². The minimum atomic E-state index is -0.446. The van der Waals surface area contributed by atoms with Crippen molar-refractivity contribution in [2.75, 3.05) is 0 Å². The average molecular weight is 559 g/mol. The number of rotatable bonds is 3. The summed E-state index contributed by atoms with van der Waals surface area (Å²) in [6, 6.07) is 32.3. The van der Waals surface area contributed by atoms with E-state index in [9.17, 15) is 0 Å². The molecule has 0 atom stereocenters. The van der Waals surface area contributed by atoms with E-state index >= 15 is 0 Å². The van der Waals surface area contributed by atoms with Gasteiger partial charge in [0.1, 0.15) is 0 Å². The molecule has 3 aromatic rings. The summed E-state index contributed by atoms with van der Waals surface area (Å²) >= 11 is 0. The molecule has 0 nitrogen and oxygen atoms in total. The minimum absolute atomic E-state index is 0. The Morgan fingerprint density at radius 2 is 0.636 bits per heavy atom. The van der Waals surface area contributed by atoms with Gasteiger partial charge in [0.15, 0.2) is 0 Å². The van der Waals surface area contributed by atoms with Crippen molar-refractivity contribution in [3.05, 3.63) is 91.0 Å². The average Bonchev–Trinajstić information content (AvgIpc) is 2.51. The van der Waals surface area contributed by atoms with Gasteiger partial charge >= 0.3 is 45.0 Å². The van der Waals surface area contributed by atoms with Gasteiger partial charge in [-0.15, -0.1) is 0 Å². The van der Waals surface area contributed by atoms with Crippen molar-refractivity contribution in [1.82, 2.24) is 0 Å². The molecule has 0 amide bonds. The number of hydrogen-bond acceptors (Lipinski definition) is 0. The van der Waals surface area contributed by atoms with E-state index in [1.165, 1.54) is 15.9 Å². The first-order chi connectivity index (χ1) is 9.45. The van der Waals surface area contributed by atoms with Crippen LogP contribution in [0.5, 0.6) is 0 Å². The van der Waals surface area contributed by atoms with Crippen LogP contribution in [0, 0.1) is 45.0 Å². The smallest absolute Gasteiger partial charge is 1.00 e. The summed E-state index contributed by atoms with van der Waals surface area (Å²) in [6.45, 7) is 0. The zero-order valence-electron chi connectivity index (χ0n) is 12.1. The van der Waals surface area contributed by atoms with E-state index in [4.69, 9.17) is 0 Å². The molecule has 108 valence electrons. The van der Waals surface area contributed by atoms with E-state index in [1.54, 1.807) is 0 Å². The van der Waals surface area contributed by atoms with Crippen molar-refractivity contribution >= 4 is 23.8 Å². The summed E-state index contributed by atoms with van der Waals surface area (Å²) in [7, 11) is -0.446. The van der Waals surface area contributed by atoms with Crippen LogP contribution < -0.4 is 40.7 Å². The first-order valence-electron chi connectivity index (χ1n) is 6.40. The van der Waals surface area contributed by atoms with E-state index in [0.717, 1.165) is 0 Å². The van der Waals surface area contributed by atoms with Gasteiger partial charge in [-0.25, -0.2) is 0 Å². The zero-order valence-corrected chi connectivity index (χ0v) is 20.3. The Kier molecular flexibility index (Phi) is 11.7. The molecule has 0 aliphatic heterocycles. The molecule has 0 N–H and O–H groups in total. The van der Waals surface area contributed by atoms with Crippen molar-refractivity contribution in [3.8, 4) is 0 Å². The van der Waals surface area contributed by atoms with Gasteiger partial charge in [-0.3, -0.25) is 0 Å². The molecular formula is C18H15Cl2PRa. The van der Waals surface area contributed by atoms with E-state index in [-0.39, 0.29) is 69.8 Å². The molecule has 0 fully saturated rings. The molecule has 0 aromatic heterocycles. The van der Waals surface area contributed by atoms with E-state index in [2.05, 4.69) is 91.0 Å². The zero-order chi connectivity index (χ0) is 12.9. The van der Waals surface area contributed by atoms with Crippen LogP contribution in [0.2, 0.25) is 0 Å². The molecule has 22 heavy (non-hydrogen) atoms. The summed E-state index contributed by atoms with van der Waals surface area (Å²) in [6.07, 6.45) is 0. The van der Waals surface area contributed by atoms with Crippen LogP contribution in [0.4, 0.5) is 0 Å². The summed E-state index contributed by atoms with van der Waals surface area (Å²) in [5.41, 5.74) is 0. The Morgan fingerprint density at radius 1 is 0.409 bits per heavy atom. The SMILES string of the molecule is [Cl-].[Cl-].[Ra+2].c1ccc(P(c2ccccc2)c2ccccc2)cc1. The van der Waals surface area contributed by atoms with Gasteiger partial charge in [-0.05, 0) is 23.8 Å². The van der Waals surface area contributed by atoms with Gasteiger partial charge in [0.2, 0.25) is 0 Å². The van der Waals surface area contributed by atoms with Gasteiger partial charge in [0.05, 0.1) is 0 Å². The van der Waals surface area contributed by atoms with Crippen LogP contribution in [-0.4, -0.2) is 0 Å². The molecule has 0 unspecified atom stereocenters. The molecule has 3 rings (SSSR count). The van der Waals surface area contributed by atoms with Crippen LogP contribution in [0.1, 0.15) is 0 Å². The summed E-state index contributed by atoms with van der Waals surface area (Å²) in [5, 5.41) is 4.19. The van der Waals surface area contributed by atoms with Crippen molar-refractivity contribution in [2.24, 2.45) is 0 Å². The first kappa shape index (κ1) is 22.1. The van der Waals surface area contributed by atoms with Crippen LogP contribution in [0.25, 0.3) is 0 Å². The van der Waals surface area contributed by atoms with Crippen molar-refractivity contribution in [1.29, 1.82) is 0 Å². The maximum absolute atomic E-state index is 2.23. The summed E-state index contributed by atoms with van der Waals surface area (Å²) in [5.74, 6) is 0. The first-order valence-corrected chi connectivity index (χ1v) is 7.74. The maximum atomic E-state index is 2.23. The van der Waals surface area contributed by atoms with Gasteiger partial charge in [-0.1, -0.05) is 91.0 Å². The molecule has 3 aromatic carbocycles. The third kappa shape index (κ3) is 5.65. The normalized spacial score (nSPS) is 9.14. The Bertz CT molecular complexity index is 539. The summed E-state index contributed by atoms with van der Waals surface area (Å²) < 4.78 is 0. The topological polar surface area (TPSA) is 0 Å². The van der Waals surface area contributed by atoms with E-state index in [0.29, 0.717) is 0 Å². The third-order valence-corrected chi connectivity index (χ3v) is 5.49. The van der Waals surface area contributed by atoms with Crippen molar-refractivity contribution in [2.45, 2.75) is 0 Å². The van der Waals surface area contributed by atoms with E-state index < -0.39 is 7.92 Å². The number of hydrogen-bond donors (Lipinski definition) is 0. The fourth-order valence-corrected chi connectivity index (χ4v) is 4.48. The van der Waals surface area contributed by atoms with Crippen LogP contribution in [0.3, 0.4) is 0 Å². The monoisotopic (exact) mass is 558 g/mol. The predicted octanol–water partition coefficient (Wildman–Crippen LogP) is -2.55. The Morgan fingerprint density at radius 3 is 0.864 bits per heavy atom. The van der Waals surface area contributed by atoms with E-state index in [1.807, 2.05) is 0 Å². The molecule has 0 spiro atoms. The Hall–Kier alpha value is 0.138. The van der Waals surface area contributed by atoms with Gasteiger partial charge in [-0.2, -0.15) is 0 Å². The Labute approximate surface area is 182 Å². The van der Waals surface area contributed by atoms with Crippen molar-refractivity contribution < 1.29 is 69.8 Å². The fourth-order valence-electron chi connectivity index (χ4n) is 2.18. The molecular weight excluding hydrogens is 544 g/mol. The van der Waals surface area contributed by atoms with Crippen LogP contribution in [0.15, 0.2) is 91.0 Å². The largest absolute Gasteiger partial charge is 2.00 e. The van der Waals surface area contributed by atoms with Gasteiger partial charge < -0.3 is 24.8 Å². The fraction of sp³-hybridized carbons (Fsp3) is 0. The summed E-state index contributed by atoms with van der Waals surface area (Å²) in [4.78, 5) is 0. The second kappa shape index (κ2) is 11.6. The molecule has 0 radical (unpaired) electrons. The van der Waals surface area contributed by atoms with Crippen molar-refractivity contribution in [3.63, 3.8) is 0 Å². The molecule has 0 heterocycles. The van der Waals surface area contributed by atoms with Gasteiger partial charge in [0, 0.05) is 0 Å². The molecule has 0 aliphatic carbocycles. The van der Waals surface area contributed by atoms with Crippen LogP contribution in [-0.2, 0) is 0 Å². The standard InChI is InChI=1S/C18H15P.2ClH.Ra/c1-4-10-16(11-5-1)19(17-12-6-2-7-13-17)18-14-8-3-9-15-18;;;/h1-15H;2*1H;/q;;;+2/p-2. The number of benzene rings is 3. The predicted molar refractivity (Wildman–Crippen MR) is 85.1 cm³/mol. The molecule has 0 aliphatic rings. The molecule has 0 saturated carbocycles. The maximum Gasteiger partial charge on any atom is 2.00 e. The minimum Gasteiger partial charge on any atom is -1.00 e. The number of halogens is 2. The Balaban J connectivity index is 0.00000147. The molecule has 0 saturated heterocycles.